The van der Waals surface area contributed by atoms with E-state index in [0.717, 1.165) is 11.6 Å². The molecule has 1 N–H and O–H groups in total. The van der Waals surface area contributed by atoms with Gasteiger partial charge in [0, 0.05) is 18.2 Å². The Morgan fingerprint density at radius 2 is 1.80 bits per heavy atom. The highest BCUT2D eigenvalue weighted by Crippen LogP contribution is 2.10. The summed E-state index contributed by atoms with van der Waals surface area (Å²) in [6.45, 7) is 2.24. The van der Waals surface area contributed by atoms with Crippen LogP contribution in [0.15, 0.2) is 42.5 Å². The van der Waals surface area contributed by atoms with Crippen molar-refractivity contribution in [2.45, 2.75) is 13.3 Å². The Balaban J connectivity index is 1.89. The van der Waals surface area contributed by atoms with Crippen molar-refractivity contribution in [2.75, 3.05) is 6.54 Å². The summed E-state index contributed by atoms with van der Waals surface area (Å²) in [6, 6.07) is 10.6. The van der Waals surface area contributed by atoms with Crippen molar-refractivity contribution in [1.29, 1.82) is 0 Å². The number of amides is 1. The first kappa shape index (κ1) is 14.2. The van der Waals surface area contributed by atoms with E-state index < -0.39 is 11.6 Å². The molecule has 104 valence electrons. The summed E-state index contributed by atoms with van der Waals surface area (Å²) < 4.78 is 26.1. The van der Waals surface area contributed by atoms with Crippen LogP contribution in [0.5, 0.6) is 0 Å². The molecule has 0 unspecified atom stereocenters. The van der Waals surface area contributed by atoms with Gasteiger partial charge in [0.15, 0.2) is 0 Å². The number of nitrogens with one attached hydrogen (secondary N) is 1. The molecular weight excluding hydrogens is 260 g/mol. The van der Waals surface area contributed by atoms with Crippen LogP contribution < -0.4 is 5.32 Å². The van der Waals surface area contributed by atoms with E-state index >= 15 is 0 Å². The topological polar surface area (TPSA) is 29.1 Å². The zero-order chi connectivity index (χ0) is 14.5. The minimum absolute atomic E-state index is 0.201. The minimum atomic E-state index is -0.602. The van der Waals surface area contributed by atoms with E-state index in [9.17, 15) is 13.6 Å². The average Bonchev–Trinajstić information content (AvgIpc) is 2.42. The quantitative estimate of drug-likeness (QED) is 0.911. The Kier molecular flexibility index (Phi) is 4.45. The molecule has 2 nitrogen and oxygen atoms in total. The molecule has 2 aromatic carbocycles. The lowest BCUT2D eigenvalue weighted by Gasteiger charge is -2.06. The molecule has 0 heterocycles. The molecule has 2 rings (SSSR count). The normalized spacial score (nSPS) is 10.3. The summed E-state index contributed by atoms with van der Waals surface area (Å²) in [6.07, 6.45) is 0.323. The second kappa shape index (κ2) is 6.28. The maximum Gasteiger partial charge on any atom is 0.251 e. The third-order valence-electron chi connectivity index (χ3n) is 3.01. The Hall–Kier alpha value is -2.23. The molecule has 0 fully saturated rings. The number of rotatable bonds is 4. The molecule has 20 heavy (non-hydrogen) atoms. The van der Waals surface area contributed by atoms with Gasteiger partial charge >= 0.3 is 0 Å². The third-order valence-corrected chi connectivity index (χ3v) is 3.01. The van der Waals surface area contributed by atoms with E-state index in [1.54, 1.807) is 12.1 Å². The molecular formula is C16H15F2NO. The Morgan fingerprint density at radius 1 is 1.10 bits per heavy atom. The Morgan fingerprint density at radius 3 is 2.45 bits per heavy atom. The van der Waals surface area contributed by atoms with Crippen LogP contribution in [0, 0.1) is 18.6 Å². The van der Waals surface area contributed by atoms with Gasteiger partial charge in [-0.25, -0.2) is 8.78 Å². The predicted octanol–water partition coefficient (Wildman–Crippen LogP) is 3.25. The second-order valence-electron chi connectivity index (χ2n) is 4.61. The summed E-state index contributed by atoms with van der Waals surface area (Å²) >= 11 is 0. The van der Waals surface area contributed by atoms with Crippen molar-refractivity contribution in [3.63, 3.8) is 0 Å². The maximum atomic E-state index is 13.4. The highest BCUT2D eigenvalue weighted by molar-refractivity contribution is 5.94. The van der Waals surface area contributed by atoms with E-state index in [1.165, 1.54) is 12.1 Å². The fourth-order valence-electron chi connectivity index (χ4n) is 1.84. The van der Waals surface area contributed by atoms with Gasteiger partial charge in [-0.1, -0.05) is 23.8 Å². The molecule has 4 heteroatoms. The lowest BCUT2D eigenvalue weighted by atomic mass is 10.1. The molecule has 0 aliphatic carbocycles. The van der Waals surface area contributed by atoms with Crippen molar-refractivity contribution in [3.8, 4) is 0 Å². The Bertz CT molecular complexity index is 608. The number of aryl methyl sites for hydroxylation is 1. The summed E-state index contributed by atoms with van der Waals surface area (Å²) in [5.41, 5.74) is 2.03. The van der Waals surface area contributed by atoms with Gasteiger partial charge in [-0.2, -0.15) is 0 Å². The summed E-state index contributed by atoms with van der Waals surface area (Å²) in [7, 11) is 0. The lowest BCUT2D eigenvalue weighted by molar-refractivity contribution is 0.0954. The van der Waals surface area contributed by atoms with Crippen molar-refractivity contribution in [1.82, 2.24) is 5.32 Å². The van der Waals surface area contributed by atoms with Gasteiger partial charge in [-0.3, -0.25) is 4.79 Å². The van der Waals surface area contributed by atoms with Gasteiger partial charge in [-0.05, 0) is 37.1 Å². The zero-order valence-electron chi connectivity index (χ0n) is 11.1. The highest BCUT2D eigenvalue weighted by atomic mass is 19.1. The largest absolute Gasteiger partial charge is 0.352 e. The SMILES string of the molecule is Cc1ccc(C(=O)NCCc2ccc(F)cc2F)cc1. The van der Waals surface area contributed by atoms with Crippen molar-refractivity contribution in [2.24, 2.45) is 0 Å². The number of hydrogen-bond acceptors (Lipinski definition) is 1. The van der Waals surface area contributed by atoms with E-state index in [0.29, 0.717) is 24.1 Å². The fourth-order valence-corrected chi connectivity index (χ4v) is 1.84. The zero-order valence-corrected chi connectivity index (χ0v) is 11.1. The molecule has 0 aliphatic rings. The van der Waals surface area contributed by atoms with Crippen LogP contribution in [0.1, 0.15) is 21.5 Å². The summed E-state index contributed by atoms with van der Waals surface area (Å²) in [4.78, 5) is 11.8. The number of carbonyl (C=O) groups excluding carboxylic acids is 1. The van der Waals surface area contributed by atoms with Crippen LogP contribution in [0.3, 0.4) is 0 Å². The number of carbonyl (C=O) groups is 1. The highest BCUT2D eigenvalue weighted by Gasteiger charge is 2.06. The Labute approximate surface area is 116 Å². The maximum absolute atomic E-state index is 13.4. The van der Waals surface area contributed by atoms with Gasteiger partial charge < -0.3 is 5.32 Å². The summed E-state index contributed by atoms with van der Waals surface area (Å²) in [5.74, 6) is -1.39. The molecule has 0 saturated heterocycles. The minimum Gasteiger partial charge on any atom is -0.352 e. The van der Waals surface area contributed by atoms with Crippen molar-refractivity contribution < 1.29 is 13.6 Å². The smallest absolute Gasteiger partial charge is 0.251 e. The fraction of sp³-hybridized carbons (Fsp3) is 0.188. The van der Waals surface area contributed by atoms with Gasteiger partial charge in [0.25, 0.3) is 5.91 Å². The van der Waals surface area contributed by atoms with Crippen LogP contribution in [-0.2, 0) is 6.42 Å². The number of hydrogen-bond donors (Lipinski definition) is 1. The molecule has 0 aliphatic heterocycles. The first-order chi connectivity index (χ1) is 9.56. The lowest BCUT2D eigenvalue weighted by Crippen LogP contribution is -2.25. The van der Waals surface area contributed by atoms with Gasteiger partial charge in [0.05, 0.1) is 0 Å². The van der Waals surface area contributed by atoms with Gasteiger partial charge in [-0.15, -0.1) is 0 Å². The van der Waals surface area contributed by atoms with Crippen LogP contribution in [0.25, 0.3) is 0 Å². The second-order valence-corrected chi connectivity index (χ2v) is 4.61. The van der Waals surface area contributed by atoms with Gasteiger partial charge in [0.1, 0.15) is 11.6 Å². The first-order valence-electron chi connectivity index (χ1n) is 6.35. The van der Waals surface area contributed by atoms with Gasteiger partial charge in [0.2, 0.25) is 0 Å². The van der Waals surface area contributed by atoms with Crippen LogP contribution in [-0.4, -0.2) is 12.5 Å². The van der Waals surface area contributed by atoms with E-state index in [1.807, 2.05) is 19.1 Å². The molecule has 1 amide bonds. The molecule has 0 bridgehead atoms. The van der Waals surface area contributed by atoms with Crippen molar-refractivity contribution >= 4 is 5.91 Å². The number of halogens is 2. The molecule has 0 aromatic heterocycles. The van der Waals surface area contributed by atoms with E-state index in [4.69, 9.17) is 0 Å². The molecule has 0 radical (unpaired) electrons. The molecule has 2 aromatic rings. The third kappa shape index (κ3) is 3.63. The van der Waals surface area contributed by atoms with Crippen molar-refractivity contribution in [3.05, 3.63) is 70.8 Å². The van der Waals surface area contributed by atoms with E-state index in [-0.39, 0.29) is 5.91 Å². The molecule has 0 spiro atoms. The average molecular weight is 275 g/mol. The molecule has 0 saturated carbocycles. The predicted molar refractivity (Wildman–Crippen MR) is 73.6 cm³/mol. The van der Waals surface area contributed by atoms with E-state index in [2.05, 4.69) is 5.32 Å². The number of benzene rings is 2. The van der Waals surface area contributed by atoms with Crippen LogP contribution in [0.4, 0.5) is 8.78 Å². The van der Waals surface area contributed by atoms with Crippen LogP contribution >= 0.6 is 0 Å². The monoisotopic (exact) mass is 275 g/mol. The molecule has 0 atom stereocenters. The first-order valence-corrected chi connectivity index (χ1v) is 6.35. The summed E-state index contributed by atoms with van der Waals surface area (Å²) in [5, 5.41) is 2.71. The van der Waals surface area contributed by atoms with Crippen LogP contribution in [0.2, 0.25) is 0 Å². The standard InChI is InChI=1S/C16H15F2NO/c1-11-2-4-13(5-3-11)16(20)19-9-8-12-6-7-14(17)10-15(12)18/h2-7,10H,8-9H2,1H3,(H,19,20).